The van der Waals surface area contributed by atoms with Gasteiger partial charge >= 0.3 is 0 Å². The van der Waals surface area contributed by atoms with E-state index >= 15 is 0 Å². The zero-order chi connectivity index (χ0) is 26.2. The van der Waals surface area contributed by atoms with E-state index in [1.807, 2.05) is 11.1 Å². The number of likely N-dealkylation sites (tertiary alicyclic amines) is 1. The molecule has 0 aromatic carbocycles. The van der Waals surface area contributed by atoms with Gasteiger partial charge in [0.25, 0.3) is 5.91 Å². The van der Waals surface area contributed by atoms with Gasteiger partial charge in [-0.2, -0.15) is 0 Å². The SMILES string of the molecule is CC(=O)N1CCN(C2CCC3C(=O)C(C(=O)NCCCN4CCCC4)=CN4C5CCCCC5OC2C34)CC1. The lowest BCUT2D eigenvalue weighted by Gasteiger charge is -2.60. The molecule has 9 heteroatoms. The van der Waals surface area contributed by atoms with Crippen molar-refractivity contribution in [1.29, 1.82) is 0 Å². The summed E-state index contributed by atoms with van der Waals surface area (Å²) in [6.07, 6.45) is 11.6. The van der Waals surface area contributed by atoms with Crippen molar-refractivity contribution in [3.8, 4) is 0 Å². The number of nitrogens with zero attached hydrogens (tertiary/aromatic N) is 4. The molecule has 0 aromatic heterocycles. The van der Waals surface area contributed by atoms with Crippen molar-refractivity contribution in [1.82, 2.24) is 24.9 Å². The lowest BCUT2D eigenvalue weighted by molar-refractivity contribution is -0.202. The van der Waals surface area contributed by atoms with Crippen molar-refractivity contribution in [3.63, 3.8) is 0 Å². The number of rotatable bonds is 6. The van der Waals surface area contributed by atoms with Crippen LogP contribution in [0.3, 0.4) is 0 Å². The minimum absolute atomic E-state index is 0.00171. The van der Waals surface area contributed by atoms with Gasteiger partial charge in [-0.15, -0.1) is 0 Å². The fourth-order valence-electron chi connectivity index (χ4n) is 8.11. The third-order valence-corrected chi connectivity index (χ3v) is 10.1. The predicted octanol–water partition coefficient (Wildman–Crippen LogP) is 1.38. The Balaban J connectivity index is 1.18. The quantitative estimate of drug-likeness (QED) is 0.413. The number of ketones is 1. The van der Waals surface area contributed by atoms with Crippen molar-refractivity contribution in [3.05, 3.63) is 11.8 Å². The van der Waals surface area contributed by atoms with Crippen LogP contribution in [0.4, 0.5) is 0 Å². The van der Waals surface area contributed by atoms with Crippen LogP contribution in [0.15, 0.2) is 11.8 Å². The Kier molecular flexibility index (Phi) is 7.78. The molecule has 3 saturated heterocycles. The molecule has 2 amide bonds. The third kappa shape index (κ3) is 5.02. The summed E-state index contributed by atoms with van der Waals surface area (Å²) < 4.78 is 6.89. The van der Waals surface area contributed by atoms with E-state index in [0.717, 1.165) is 77.9 Å². The number of carbonyl (C=O) groups excluding carboxylic acids is 3. The van der Waals surface area contributed by atoms with Gasteiger partial charge in [0.2, 0.25) is 5.91 Å². The second-order valence-electron chi connectivity index (χ2n) is 12.3. The fourth-order valence-corrected chi connectivity index (χ4v) is 8.11. The van der Waals surface area contributed by atoms with Gasteiger partial charge in [0.15, 0.2) is 5.78 Å². The number of piperazine rings is 1. The molecule has 4 aliphatic heterocycles. The fraction of sp³-hybridized carbons (Fsp3) is 0.828. The molecular weight excluding hydrogens is 482 g/mol. The Morgan fingerprint density at radius 2 is 1.71 bits per heavy atom. The molecule has 2 aliphatic carbocycles. The summed E-state index contributed by atoms with van der Waals surface area (Å²) in [6.45, 7) is 8.80. The summed E-state index contributed by atoms with van der Waals surface area (Å²) in [6, 6.07) is 0.489. The Hall–Kier alpha value is -1.97. The minimum Gasteiger partial charge on any atom is -0.369 e. The molecule has 6 aliphatic rings. The van der Waals surface area contributed by atoms with Crippen LogP contribution in [0.2, 0.25) is 0 Å². The minimum atomic E-state index is -0.201. The third-order valence-electron chi connectivity index (χ3n) is 10.1. The van der Waals surface area contributed by atoms with E-state index in [1.165, 1.54) is 25.7 Å². The van der Waals surface area contributed by atoms with Gasteiger partial charge in [0.05, 0.1) is 29.9 Å². The van der Waals surface area contributed by atoms with E-state index in [0.29, 0.717) is 12.1 Å². The molecule has 210 valence electrons. The van der Waals surface area contributed by atoms with Gasteiger partial charge in [-0.25, -0.2) is 0 Å². The first-order valence-electron chi connectivity index (χ1n) is 15.2. The molecule has 1 N–H and O–H groups in total. The highest BCUT2D eigenvalue weighted by Crippen LogP contribution is 2.46. The Labute approximate surface area is 226 Å². The van der Waals surface area contributed by atoms with Crippen LogP contribution in [-0.4, -0.2) is 120 Å². The highest BCUT2D eigenvalue weighted by molar-refractivity contribution is 6.20. The lowest BCUT2D eigenvalue weighted by atomic mass is 9.70. The number of carbonyl (C=O) groups is 3. The zero-order valence-corrected chi connectivity index (χ0v) is 23.0. The molecule has 6 unspecified atom stereocenters. The van der Waals surface area contributed by atoms with Crippen molar-refractivity contribution in [2.75, 3.05) is 52.4 Å². The van der Waals surface area contributed by atoms with Gasteiger partial charge in [-0.05, 0) is 64.6 Å². The van der Waals surface area contributed by atoms with E-state index in [9.17, 15) is 14.4 Å². The normalized spacial score (nSPS) is 35.9. The highest BCUT2D eigenvalue weighted by Gasteiger charge is 2.56. The van der Waals surface area contributed by atoms with Crippen molar-refractivity contribution in [2.45, 2.75) is 95.0 Å². The van der Waals surface area contributed by atoms with Crippen LogP contribution in [0.25, 0.3) is 0 Å². The van der Waals surface area contributed by atoms with Gasteiger partial charge < -0.3 is 24.8 Å². The van der Waals surface area contributed by atoms with Gasteiger partial charge in [-0.3, -0.25) is 19.3 Å². The molecule has 4 heterocycles. The van der Waals surface area contributed by atoms with E-state index in [-0.39, 0.29) is 53.8 Å². The topological polar surface area (TPSA) is 85.4 Å². The van der Waals surface area contributed by atoms with Crippen LogP contribution in [0, 0.1) is 5.92 Å². The van der Waals surface area contributed by atoms with Crippen LogP contribution in [0.5, 0.6) is 0 Å². The number of hydrogen-bond donors (Lipinski definition) is 1. The maximum Gasteiger partial charge on any atom is 0.256 e. The van der Waals surface area contributed by atoms with Crippen LogP contribution < -0.4 is 5.32 Å². The Morgan fingerprint density at radius 3 is 2.47 bits per heavy atom. The summed E-state index contributed by atoms with van der Waals surface area (Å²) in [5.74, 6) is -0.241. The number of ether oxygens (including phenoxy) is 1. The number of nitrogens with one attached hydrogen (secondary N) is 1. The summed E-state index contributed by atoms with van der Waals surface area (Å²) in [5, 5.41) is 3.07. The van der Waals surface area contributed by atoms with Crippen molar-refractivity contribution in [2.24, 2.45) is 5.92 Å². The van der Waals surface area contributed by atoms with Crippen molar-refractivity contribution >= 4 is 17.6 Å². The smallest absolute Gasteiger partial charge is 0.256 e. The second kappa shape index (κ2) is 11.3. The first kappa shape index (κ1) is 26.3. The largest absolute Gasteiger partial charge is 0.369 e. The molecule has 0 spiro atoms. The number of amides is 2. The van der Waals surface area contributed by atoms with Gasteiger partial charge in [0, 0.05) is 57.8 Å². The second-order valence-corrected chi connectivity index (χ2v) is 12.3. The first-order chi connectivity index (χ1) is 18.5. The highest BCUT2D eigenvalue weighted by atomic mass is 16.5. The van der Waals surface area contributed by atoms with Crippen LogP contribution in [0.1, 0.15) is 64.7 Å². The molecule has 0 radical (unpaired) electrons. The Bertz CT molecular complexity index is 941. The van der Waals surface area contributed by atoms with Gasteiger partial charge in [-0.1, -0.05) is 12.8 Å². The standard InChI is InChI=1S/C29H45N5O4/c1-20(35)32-15-17-33(18-16-32)24-10-9-21-26-28(24)38-25-8-3-2-7-23(25)34(26)19-22(27(21)36)29(37)30-11-6-14-31-12-4-5-13-31/h19,21,23-26,28H,2-18H2,1H3,(H,30,37). The number of morpholine rings is 1. The average molecular weight is 528 g/mol. The molecule has 6 atom stereocenters. The molecule has 2 saturated carbocycles. The maximum atomic E-state index is 13.8. The van der Waals surface area contributed by atoms with E-state index < -0.39 is 0 Å². The molecule has 6 rings (SSSR count). The Morgan fingerprint density at radius 1 is 0.947 bits per heavy atom. The summed E-state index contributed by atoms with van der Waals surface area (Å²) in [7, 11) is 0. The maximum absolute atomic E-state index is 13.8. The molecule has 5 fully saturated rings. The lowest BCUT2D eigenvalue weighted by Crippen LogP contribution is -2.71. The molecule has 0 aromatic rings. The van der Waals surface area contributed by atoms with E-state index in [4.69, 9.17) is 4.74 Å². The van der Waals surface area contributed by atoms with Crippen molar-refractivity contribution < 1.29 is 19.1 Å². The number of hydrogen-bond acceptors (Lipinski definition) is 7. The first-order valence-corrected chi connectivity index (χ1v) is 15.2. The van der Waals surface area contributed by atoms with Crippen LogP contribution in [-0.2, 0) is 19.1 Å². The van der Waals surface area contributed by atoms with Crippen LogP contribution >= 0.6 is 0 Å². The molecular formula is C29H45N5O4. The summed E-state index contributed by atoms with van der Waals surface area (Å²) in [4.78, 5) is 48.2. The average Bonchev–Trinajstić information content (AvgIpc) is 3.46. The monoisotopic (exact) mass is 527 g/mol. The summed E-state index contributed by atoms with van der Waals surface area (Å²) >= 11 is 0. The number of Topliss-reactive ketones (excluding diaryl/α,β-unsaturated/α-hetero) is 1. The number of fused-ring (bicyclic) bond motifs is 2. The van der Waals surface area contributed by atoms with E-state index in [2.05, 4.69) is 20.0 Å². The predicted molar refractivity (Wildman–Crippen MR) is 143 cm³/mol. The van der Waals surface area contributed by atoms with E-state index in [1.54, 1.807) is 6.92 Å². The molecule has 38 heavy (non-hydrogen) atoms. The zero-order valence-electron chi connectivity index (χ0n) is 23.0. The molecule has 0 bridgehead atoms. The summed E-state index contributed by atoms with van der Waals surface area (Å²) in [5.41, 5.74) is 0.353. The molecule has 9 nitrogen and oxygen atoms in total. The van der Waals surface area contributed by atoms with Gasteiger partial charge in [0.1, 0.15) is 0 Å².